The number of nitrogens with two attached hydrogens (primary N) is 1. The van der Waals surface area contributed by atoms with Gasteiger partial charge in [-0.3, -0.25) is 4.79 Å². The number of anilines is 1. The minimum Gasteiger partial charge on any atom is -0.384 e. The van der Waals surface area contributed by atoms with Gasteiger partial charge in [0.25, 0.3) is 5.56 Å². The van der Waals surface area contributed by atoms with E-state index < -0.39 is 0 Å². The molecule has 0 spiro atoms. The van der Waals surface area contributed by atoms with Crippen LogP contribution in [0.4, 0.5) is 10.2 Å². The Labute approximate surface area is 119 Å². The van der Waals surface area contributed by atoms with Crippen LogP contribution >= 0.6 is 0 Å². The average Bonchev–Trinajstić information content (AvgIpc) is 2.83. The molecule has 0 saturated heterocycles. The van der Waals surface area contributed by atoms with Gasteiger partial charge in [-0.25, -0.2) is 14.2 Å². The minimum atomic E-state index is -0.317. The third kappa shape index (κ3) is 2.81. The lowest BCUT2D eigenvalue weighted by atomic mass is 10.2. The molecule has 0 aliphatic heterocycles. The van der Waals surface area contributed by atoms with E-state index in [1.165, 1.54) is 22.9 Å². The first-order valence-corrected chi connectivity index (χ1v) is 6.27. The van der Waals surface area contributed by atoms with E-state index in [9.17, 15) is 9.18 Å². The van der Waals surface area contributed by atoms with E-state index in [0.29, 0.717) is 29.3 Å². The summed E-state index contributed by atoms with van der Waals surface area (Å²) in [5, 5.41) is 10.7. The maximum atomic E-state index is 12.9. The van der Waals surface area contributed by atoms with Gasteiger partial charge in [-0.05, 0) is 30.3 Å². The van der Waals surface area contributed by atoms with E-state index in [0.717, 1.165) is 0 Å². The minimum absolute atomic E-state index is 0.255. The Morgan fingerprint density at radius 2 is 1.90 bits per heavy atom. The maximum absolute atomic E-state index is 12.9. The third-order valence-electron chi connectivity index (χ3n) is 2.96. The van der Waals surface area contributed by atoms with E-state index in [-0.39, 0.29) is 11.4 Å². The van der Waals surface area contributed by atoms with E-state index >= 15 is 0 Å². The molecule has 0 radical (unpaired) electrons. The van der Waals surface area contributed by atoms with Crippen LogP contribution in [0.5, 0.6) is 0 Å². The topological polar surface area (TPSA) is 89.6 Å². The molecule has 0 amide bonds. The molecule has 0 saturated carbocycles. The average molecular weight is 285 g/mol. The largest absolute Gasteiger partial charge is 0.384 e. The number of H-pyrrole nitrogens is 1. The lowest BCUT2D eigenvalue weighted by Crippen LogP contribution is -2.08. The van der Waals surface area contributed by atoms with Crippen molar-refractivity contribution < 1.29 is 4.39 Å². The molecular weight excluding hydrogens is 273 g/mol. The molecule has 6 nitrogen and oxygen atoms in total. The van der Waals surface area contributed by atoms with Gasteiger partial charge >= 0.3 is 0 Å². The summed E-state index contributed by atoms with van der Waals surface area (Å²) >= 11 is 0. The van der Waals surface area contributed by atoms with E-state index in [1.807, 2.05) is 0 Å². The van der Waals surface area contributed by atoms with Crippen molar-refractivity contribution in [1.82, 2.24) is 20.0 Å². The Balaban J connectivity index is 1.89. The number of nitrogen functional groups attached to an aromatic ring is 1. The van der Waals surface area contributed by atoms with Crippen molar-refractivity contribution in [1.29, 1.82) is 0 Å². The summed E-state index contributed by atoms with van der Waals surface area (Å²) in [4.78, 5) is 11.0. The number of hydrogen-bond donors (Lipinski definition) is 2. The van der Waals surface area contributed by atoms with Gasteiger partial charge in [0, 0.05) is 18.6 Å². The monoisotopic (exact) mass is 285 g/mol. The Hall–Kier alpha value is -2.96. The molecule has 7 heteroatoms. The van der Waals surface area contributed by atoms with Gasteiger partial charge in [-0.1, -0.05) is 0 Å². The molecular formula is C14H12FN5O. The highest BCUT2D eigenvalue weighted by Gasteiger charge is 2.08. The molecule has 0 bridgehead atoms. The fourth-order valence-corrected chi connectivity index (χ4v) is 1.98. The standard InChI is InChI=1S/C14H12FN5O/c15-9-1-4-12(5-2-9)20-13(16)8-11(19-20)7-10-3-6-14(21)18-17-10/h1-6,8H,7,16H2,(H,18,21). The zero-order valence-corrected chi connectivity index (χ0v) is 11.0. The molecule has 0 atom stereocenters. The first kappa shape index (κ1) is 13.0. The summed E-state index contributed by atoms with van der Waals surface area (Å²) in [5.41, 5.74) is 7.72. The summed E-state index contributed by atoms with van der Waals surface area (Å²) in [5.74, 6) is 0.128. The number of rotatable bonds is 3. The van der Waals surface area contributed by atoms with Crippen molar-refractivity contribution in [2.24, 2.45) is 0 Å². The highest BCUT2D eigenvalue weighted by molar-refractivity contribution is 5.43. The molecule has 106 valence electrons. The fourth-order valence-electron chi connectivity index (χ4n) is 1.98. The molecule has 3 N–H and O–H groups in total. The summed E-state index contributed by atoms with van der Waals surface area (Å²) in [6, 6.07) is 10.6. The van der Waals surface area contributed by atoms with Crippen molar-refractivity contribution in [2.75, 3.05) is 5.73 Å². The third-order valence-corrected chi connectivity index (χ3v) is 2.96. The summed E-state index contributed by atoms with van der Waals surface area (Å²) in [6.07, 6.45) is 0.440. The quantitative estimate of drug-likeness (QED) is 0.758. The SMILES string of the molecule is Nc1cc(Cc2ccc(=O)[nH]n2)nn1-c1ccc(F)cc1. The highest BCUT2D eigenvalue weighted by atomic mass is 19.1. The lowest BCUT2D eigenvalue weighted by molar-refractivity contribution is 0.627. The summed E-state index contributed by atoms with van der Waals surface area (Å²) < 4.78 is 14.5. The second kappa shape index (κ2) is 5.20. The molecule has 0 unspecified atom stereocenters. The first-order valence-electron chi connectivity index (χ1n) is 6.27. The first-order chi connectivity index (χ1) is 10.1. The van der Waals surface area contributed by atoms with Crippen molar-refractivity contribution in [3.05, 3.63) is 70.0 Å². The predicted octanol–water partition coefficient (Wildman–Crippen LogP) is 1.27. The van der Waals surface area contributed by atoms with E-state index in [1.54, 1.807) is 24.3 Å². The van der Waals surface area contributed by atoms with E-state index in [4.69, 9.17) is 5.73 Å². The van der Waals surface area contributed by atoms with Crippen LogP contribution in [0.1, 0.15) is 11.4 Å². The van der Waals surface area contributed by atoms with Gasteiger partial charge in [0.2, 0.25) is 0 Å². The molecule has 0 aliphatic rings. The molecule has 0 fully saturated rings. The molecule has 1 aromatic carbocycles. The number of aromatic amines is 1. The zero-order valence-electron chi connectivity index (χ0n) is 11.0. The number of nitrogens with zero attached hydrogens (tertiary/aromatic N) is 3. The van der Waals surface area contributed by atoms with Crippen LogP contribution in [0.3, 0.4) is 0 Å². The van der Waals surface area contributed by atoms with Gasteiger partial charge in [0.1, 0.15) is 11.6 Å². The number of nitrogens with one attached hydrogen (secondary N) is 1. The van der Waals surface area contributed by atoms with Crippen molar-refractivity contribution in [3.63, 3.8) is 0 Å². The van der Waals surface area contributed by atoms with Crippen LogP contribution in [-0.4, -0.2) is 20.0 Å². The zero-order chi connectivity index (χ0) is 14.8. The van der Waals surface area contributed by atoms with Crippen LogP contribution in [0.15, 0.2) is 47.3 Å². The van der Waals surface area contributed by atoms with Crippen molar-refractivity contribution in [2.45, 2.75) is 6.42 Å². The molecule has 3 aromatic rings. The molecule has 0 aliphatic carbocycles. The number of hydrogen-bond acceptors (Lipinski definition) is 4. The lowest BCUT2D eigenvalue weighted by Gasteiger charge is -2.03. The Morgan fingerprint density at radius 1 is 1.14 bits per heavy atom. The van der Waals surface area contributed by atoms with Gasteiger partial charge in [0.05, 0.1) is 17.1 Å². The number of benzene rings is 1. The normalized spacial score (nSPS) is 10.7. The second-order valence-electron chi connectivity index (χ2n) is 4.54. The smallest absolute Gasteiger partial charge is 0.264 e. The Kier molecular flexibility index (Phi) is 3.23. The Bertz CT molecular complexity index is 802. The highest BCUT2D eigenvalue weighted by Crippen LogP contribution is 2.16. The fraction of sp³-hybridized carbons (Fsp3) is 0.0714. The Morgan fingerprint density at radius 3 is 2.57 bits per heavy atom. The molecule has 2 heterocycles. The van der Waals surface area contributed by atoms with Crippen LogP contribution in [0.25, 0.3) is 5.69 Å². The molecule has 2 aromatic heterocycles. The molecule has 21 heavy (non-hydrogen) atoms. The van der Waals surface area contributed by atoms with Gasteiger partial charge in [-0.15, -0.1) is 0 Å². The molecule has 3 rings (SSSR count). The summed E-state index contributed by atoms with van der Waals surface area (Å²) in [6.45, 7) is 0. The van der Waals surface area contributed by atoms with Crippen molar-refractivity contribution >= 4 is 5.82 Å². The van der Waals surface area contributed by atoms with Crippen LogP contribution in [0, 0.1) is 5.82 Å². The van der Waals surface area contributed by atoms with Crippen molar-refractivity contribution in [3.8, 4) is 5.69 Å². The maximum Gasteiger partial charge on any atom is 0.264 e. The number of aromatic nitrogens is 4. The number of halogens is 1. The van der Waals surface area contributed by atoms with Gasteiger partial charge in [-0.2, -0.15) is 10.2 Å². The van der Waals surface area contributed by atoms with E-state index in [2.05, 4.69) is 15.3 Å². The van der Waals surface area contributed by atoms with Crippen LogP contribution in [-0.2, 0) is 6.42 Å². The van der Waals surface area contributed by atoms with Crippen LogP contribution in [0.2, 0.25) is 0 Å². The van der Waals surface area contributed by atoms with Gasteiger partial charge < -0.3 is 5.73 Å². The van der Waals surface area contributed by atoms with Crippen LogP contribution < -0.4 is 11.3 Å². The second-order valence-corrected chi connectivity index (χ2v) is 4.54. The predicted molar refractivity (Wildman–Crippen MR) is 75.6 cm³/mol. The van der Waals surface area contributed by atoms with Gasteiger partial charge in [0.15, 0.2) is 0 Å². The summed E-state index contributed by atoms with van der Waals surface area (Å²) in [7, 11) is 0.